The Bertz CT molecular complexity index is 794. The predicted molar refractivity (Wildman–Crippen MR) is 103 cm³/mol. The van der Waals surface area contributed by atoms with Gasteiger partial charge in [0.1, 0.15) is 17.9 Å². The summed E-state index contributed by atoms with van der Waals surface area (Å²) in [6, 6.07) is 7.00. The van der Waals surface area contributed by atoms with Crippen molar-refractivity contribution in [2.45, 2.75) is 63.9 Å². The van der Waals surface area contributed by atoms with Gasteiger partial charge in [0, 0.05) is 10.0 Å². The molecule has 28 heavy (non-hydrogen) atoms. The zero-order chi connectivity index (χ0) is 20.1. The molecule has 0 aromatic heterocycles. The minimum absolute atomic E-state index is 0.329. The average Bonchev–Trinajstić information content (AvgIpc) is 3.22. The SMILES string of the molecule is CC1(C)OC[C@@H]([C@H]2O[C@@H]3OC(C)(C)O[C@@H]3/C2=N\NC(=O)c2ccc(Br)cc2)O1. The maximum Gasteiger partial charge on any atom is 0.271 e. The Labute approximate surface area is 171 Å². The van der Waals surface area contributed by atoms with E-state index < -0.39 is 30.1 Å². The summed E-state index contributed by atoms with van der Waals surface area (Å²) in [4.78, 5) is 12.5. The van der Waals surface area contributed by atoms with Gasteiger partial charge in [-0.15, -0.1) is 0 Å². The van der Waals surface area contributed by atoms with E-state index in [1.807, 2.05) is 13.8 Å². The number of nitrogens with one attached hydrogen (secondary N) is 1. The molecule has 3 saturated heterocycles. The third kappa shape index (κ3) is 4.00. The van der Waals surface area contributed by atoms with Gasteiger partial charge in [-0.2, -0.15) is 5.10 Å². The van der Waals surface area contributed by atoms with Crippen molar-refractivity contribution in [2.24, 2.45) is 5.10 Å². The highest BCUT2D eigenvalue weighted by Crippen LogP contribution is 2.39. The van der Waals surface area contributed by atoms with Crippen molar-refractivity contribution in [3.63, 3.8) is 0 Å². The van der Waals surface area contributed by atoms with Gasteiger partial charge in [-0.25, -0.2) is 5.43 Å². The van der Waals surface area contributed by atoms with E-state index in [2.05, 4.69) is 26.5 Å². The van der Waals surface area contributed by atoms with E-state index in [4.69, 9.17) is 23.7 Å². The molecule has 1 aromatic carbocycles. The molecule has 0 bridgehead atoms. The van der Waals surface area contributed by atoms with Crippen LogP contribution in [0.5, 0.6) is 0 Å². The third-order valence-electron chi connectivity index (χ3n) is 4.68. The van der Waals surface area contributed by atoms with Crippen LogP contribution in [0.25, 0.3) is 0 Å². The molecule has 0 aliphatic carbocycles. The van der Waals surface area contributed by atoms with Crippen LogP contribution in [-0.2, 0) is 23.7 Å². The van der Waals surface area contributed by atoms with Gasteiger partial charge in [-0.05, 0) is 52.0 Å². The maximum absolute atomic E-state index is 12.5. The lowest BCUT2D eigenvalue weighted by molar-refractivity contribution is -0.211. The van der Waals surface area contributed by atoms with E-state index >= 15 is 0 Å². The number of benzene rings is 1. The molecule has 0 spiro atoms. The molecule has 3 fully saturated rings. The minimum Gasteiger partial charge on any atom is -0.348 e. The monoisotopic (exact) mass is 454 g/mol. The molecule has 1 amide bonds. The average molecular weight is 455 g/mol. The first-order chi connectivity index (χ1) is 13.1. The van der Waals surface area contributed by atoms with Crippen LogP contribution >= 0.6 is 15.9 Å². The van der Waals surface area contributed by atoms with E-state index in [9.17, 15) is 4.79 Å². The van der Waals surface area contributed by atoms with Crippen molar-refractivity contribution in [1.29, 1.82) is 0 Å². The Morgan fingerprint density at radius 2 is 1.79 bits per heavy atom. The Morgan fingerprint density at radius 3 is 2.43 bits per heavy atom. The van der Waals surface area contributed by atoms with Crippen LogP contribution in [0.3, 0.4) is 0 Å². The molecule has 0 radical (unpaired) electrons. The molecule has 3 heterocycles. The second kappa shape index (κ2) is 7.16. The van der Waals surface area contributed by atoms with Crippen LogP contribution < -0.4 is 5.43 Å². The van der Waals surface area contributed by atoms with Crippen molar-refractivity contribution in [1.82, 2.24) is 5.43 Å². The van der Waals surface area contributed by atoms with Crippen molar-refractivity contribution < 1.29 is 28.5 Å². The summed E-state index contributed by atoms with van der Waals surface area (Å²) in [6.07, 6.45) is -2.06. The zero-order valence-electron chi connectivity index (χ0n) is 16.1. The molecule has 0 saturated carbocycles. The highest BCUT2D eigenvalue weighted by atomic mass is 79.9. The maximum atomic E-state index is 12.5. The minimum atomic E-state index is -0.802. The molecule has 4 rings (SSSR count). The molecular formula is C19H23BrN2O6. The van der Waals surface area contributed by atoms with Gasteiger partial charge in [0.15, 0.2) is 24.0 Å². The fourth-order valence-corrected chi connectivity index (χ4v) is 3.72. The van der Waals surface area contributed by atoms with Crippen molar-refractivity contribution in [3.8, 4) is 0 Å². The Balaban J connectivity index is 1.55. The molecule has 3 aliphatic rings. The fourth-order valence-electron chi connectivity index (χ4n) is 3.46. The molecular weight excluding hydrogens is 432 g/mol. The molecule has 9 heteroatoms. The summed E-state index contributed by atoms with van der Waals surface area (Å²) in [7, 11) is 0. The summed E-state index contributed by atoms with van der Waals surface area (Å²) in [5.41, 5.74) is 3.61. The summed E-state index contributed by atoms with van der Waals surface area (Å²) in [5, 5.41) is 4.34. The van der Waals surface area contributed by atoms with Gasteiger partial charge < -0.3 is 23.7 Å². The van der Waals surface area contributed by atoms with Crippen molar-refractivity contribution in [3.05, 3.63) is 34.3 Å². The Kier molecular flexibility index (Phi) is 5.09. The van der Waals surface area contributed by atoms with Crippen molar-refractivity contribution >= 4 is 27.5 Å². The quantitative estimate of drug-likeness (QED) is 0.706. The number of fused-ring (bicyclic) bond motifs is 1. The van der Waals surface area contributed by atoms with Crippen LogP contribution in [0.2, 0.25) is 0 Å². The highest BCUT2D eigenvalue weighted by Gasteiger charge is 2.56. The summed E-state index contributed by atoms with van der Waals surface area (Å²) < 4.78 is 30.3. The molecule has 3 aliphatic heterocycles. The first kappa shape index (κ1) is 19.9. The number of halogens is 1. The van der Waals surface area contributed by atoms with E-state index in [-0.39, 0.29) is 12.0 Å². The topological polar surface area (TPSA) is 87.6 Å². The lowest BCUT2D eigenvalue weighted by atomic mass is 10.1. The van der Waals surface area contributed by atoms with Gasteiger partial charge in [0.25, 0.3) is 5.91 Å². The number of carbonyl (C=O) groups excluding carboxylic acids is 1. The standard InChI is InChI=1S/C19H23BrN2O6/c1-18(2)24-9-12(26-18)14-13(15-17(25-14)28-19(3,4)27-15)21-22-16(23)10-5-7-11(20)8-6-10/h5-8,12,14-15,17H,9H2,1-4H3,(H,22,23)/b21-13-/t12-,14+,15+,17+/m0/s1. The zero-order valence-corrected chi connectivity index (χ0v) is 17.7. The number of hydrogen-bond acceptors (Lipinski definition) is 7. The molecule has 152 valence electrons. The summed E-state index contributed by atoms with van der Waals surface area (Å²) in [6.45, 7) is 7.64. The molecule has 1 aromatic rings. The number of hydrogen-bond donors (Lipinski definition) is 1. The van der Waals surface area contributed by atoms with E-state index in [0.717, 1.165) is 4.47 Å². The van der Waals surface area contributed by atoms with Crippen LogP contribution in [0.4, 0.5) is 0 Å². The number of hydrazone groups is 1. The van der Waals surface area contributed by atoms with Crippen LogP contribution in [0.15, 0.2) is 33.8 Å². The smallest absolute Gasteiger partial charge is 0.271 e. The fraction of sp³-hybridized carbons (Fsp3) is 0.579. The summed E-state index contributed by atoms with van der Waals surface area (Å²) >= 11 is 3.35. The van der Waals surface area contributed by atoms with E-state index in [1.165, 1.54) is 0 Å². The number of ether oxygens (including phenoxy) is 5. The molecule has 1 N–H and O–H groups in total. The predicted octanol–water partition coefficient (Wildman–Crippen LogP) is 2.56. The van der Waals surface area contributed by atoms with Gasteiger partial charge in [-0.1, -0.05) is 15.9 Å². The summed E-state index contributed by atoms with van der Waals surface area (Å²) in [5.74, 6) is -1.84. The van der Waals surface area contributed by atoms with Gasteiger partial charge in [-0.3, -0.25) is 4.79 Å². The number of carbonyl (C=O) groups is 1. The van der Waals surface area contributed by atoms with E-state index in [0.29, 0.717) is 17.9 Å². The number of rotatable bonds is 3. The highest BCUT2D eigenvalue weighted by molar-refractivity contribution is 9.10. The van der Waals surface area contributed by atoms with Crippen LogP contribution in [0, 0.1) is 0 Å². The lowest BCUT2D eigenvalue weighted by Crippen LogP contribution is -2.41. The molecule has 0 unspecified atom stereocenters. The van der Waals surface area contributed by atoms with Crippen molar-refractivity contribution in [2.75, 3.05) is 6.61 Å². The molecule has 4 atom stereocenters. The largest absolute Gasteiger partial charge is 0.348 e. The number of amides is 1. The Hall–Kier alpha value is -1.36. The second-order valence-corrected chi connectivity index (χ2v) is 8.75. The Morgan fingerprint density at radius 1 is 1.07 bits per heavy atom. The van der Waals surface area contributed by atoms with E-state index in [1.54, 1.807) is 38.1 Å². The second-order valence-electron chi connectivity index (χ2n) is 7.83. The van der Waals surface area contributed by atoms with Gasteiger partial charge >= 0.3 is 0 Å². The first-order valence-corrected chi connectivity index (χ1v) is 9.89. The molecule has 8 nitrogen and oxygen atoms in total. The lowest BCUT2D eigenvalue weighted by Gasteiger charge is -2.24. The van der Waals surface area contributed by atoms with Crippen LogP contribution in [-0.4, -0.2) is 54.4 Å². The van der Waals surface area contributed by atoms with Gasteiger partial charge in [0.05, 0.1) is 6.61 Å². The third-order valence-corrected chi connectivity index (χ3v) is 5.21. The normalized spacial score (nSPS) is 34.5. The van der Waals surface area contributed by atoms with Gasteiger partial charge in [0.2, 0.25) is 0 Å². The first-order valence-electron chi connectivity index (χ1n) is 9.10. The van der Waals surface area contributed by atoms with Crippen LogP contribution in [0.1, 0.15) is 38.1 Å². The number of nitrogens with zero attached hydrogens (tertiary/aromatic N) is 1.